The lowest BCUT2D eigenvalue weighted by Crippen LogP contribution is -2.22. The van der Waals surface area contributed by atoms with Gasteiger partial charge >= 0.3 is 0 Å². The molecule has 8 heteroatoms. The van der Waals surface area contributed by atoms with E-state index in [0.717, 1.165) is 46.4 Å². The van der Waals surface area contributed by atoms with Crippen LogP contribution in [0.5, 0.6) is 0 Å². The number of hydrogen-bond donors (Lipinski definition) is 1. The summed E-state index contributed by atoms with van der Waals surface area (Å²) in [6.07, 6.45) is 3.48. The summed E-state index contributed by atoms with van der Waals surface area (Å²) in [4.78, 5) is 10.6. The minimum absolute atomic E-state index is 0.178. The molecule has 0 radical (unpaired) electrons. The van der Waals surface area contributed by atoms with Gasteiger partial charge in [-0.15, -0.1) is 10.2 Å². The first-order valence-electron chi connectivity index (χ1n) is 9.68. The molecule has 2 aromatic carbocycles. The lowest BCUT2D eigenvalue weighted by atomic mass is 10.1. The van der Waals surface area contributed by atoms with Crippen LogP contribution in [0.4, 0.5) is 17.3 Å². The lowest BCUT2D eigenvalue weighted by Gasteiger charge is -2.27. The van der Waals surface area contributed by atoms with Gasteiger partial charge in [0.25, 0.3) is 0 Å². The van der Waals surface area contributed by atoms with E-state index in [9.17, 15) is 0 Å². The van der Waals surface area contributed by atoms with Crippen LogP contribution in [0.15, 0.2) is 54.9 Å². The molecule has 1 aliphatic rings. The molecule has 4 aromatic rings. The van der Waals surface area contributed by atoms with E-state index in [1.165, 1.54) is 0 Å². The van der Waals surface area contributed by atoms with Crippen molar-refractivity contribution in [2.75, 3.05) is 17.2 Å². The normalized spacial score (nSPS) is 15.4. The third-order valence-electron chi connectivity index (χ3n) is 5.40. The summed E-state index contributed by atoms with van der Waals surface area (Å²) < 4.78 is 2.14. The molecule has 0 fully saturated rings. The van der Waals surface area contributed by atoms with Crippen LogP contribution < -0.4 is 10.6 Å². The molecule has 1 aliphatic heterocycles. The quantitative estimate of drug-likeness (QED) is 0.516. The largest absolute Gasteiger partial charge is 0.368 e. The smallest absolute Gasteiger partial charge is 0.219 e. The van der Waals surface area contributed by atoms with Gasteiger partial charge in [-0.05, 0) is 48.9 Å². The third-order valence-corrected chi connectivity index (χ3v) is 5.65. The van der Waals surface area contributed by atoms with Gasteiger partial charge in [0.2, 0.25) is 5.95 Å². The van der Waals surface area contributed by atoms with Gasteiger partial charge < -0.3 is 10.6 Å². The molecular weight excluding hydrogens is 398 g/mol. The Balaban J connectivity index is 1.73. The van der Waals surface area contributed by atoms with Gasteiger partial charge in [0.05, 0.1) is 11.4 Å². The highest BCUT2D eigenvalue weighted by atomic mass is 35.5. The number of halogens is 1. The van der Waals surface area contributed by atoms with E-state index in [-0.39, 0.29) is 11.9 Å². The number of rotatable bonds is 2. The Labute approximate surface area is 179 Å². The van der Waals surface area contributed by atoms with Crippen LogP contribution in [0.2, 0.25) is 5.02 Å². The summed E-state index contributed by atoms with van der Waals surface area (Å²) in [5, 5.41) is 9.50. The van der Waals surface area contributed by atoms with E-state index in [2.05, 4.69) is 54.8 Å². The van der Waals surface area contributed by atoms with Crippen molar-refractivity contribution in [2.24, 2.45) is 0 Å². The van der Waals surface area contributed by atoms with Crippen LogP contribution in [0.25, 0.3) is 16.8 Å². The zero-order valence-electron chi connectivity index (χ0n) is 16.6. The Hall–Kier alpha value is -3.45. The van der Waals surface area contributed by atoms with Gasteiger partial charge in [-0.3, -0.25) is 4.57 Å². The fraction of sp³-hybridized carbons (Fsp3) is 0.182. The number of aryl methyl sites for hydroxylation is 1. The minimum atomic E-state index is 0.178. The average Bonchev–Trinajstić information content (AvgIpc) is 3.08. The summed E-state index contributed by atoms with van der Waals surface area (Å²) in [6, 6.07) is 14.2. The summed E-state index contributed by atoms with van der Waals surface area (Å²) in [7, 11) is 0. The van der Waals surface area contributed by atoms with Crippen LogP contribution >= 0.6 is 11.6 Å². The van der Waals surface area contributed by atoms with Crippen LogP contribution in [0, 0.1) is 6.92 Å². The molecule has 150 valence electrons. The molecule has 3 heterocycles. The number of nitrogens with two attached hydrogens (primary N) is 1. The van der Waals surface area contributed by atoms with Gasteiger partial charge in [-0.1, -0.05) is 24.6 Å². The van der Waals surface area contributed by atoms with Crippen molar-refractivity contribution in [3.63, 3.8) is 0 Å². The molecule has 7 nitrogen and oxygen atoms in total. The Kier molecular flexibility index (Phi) is 4.40. The number of anilines is 3. The lowest BCUT2D eigenvalue weighted by molar-refractivity contribution is 0.696. The Morgan fingerprint density at radius 1 is 0.967 bits per heavy atom. The molecule has 2 N–H and O–H groups in total. The van der Waals surface area contributed by atoms with E-state index < -0.39 is 0 Å². The van der Waals surface area contributed by atoms with E-state index in [1.54, 1.807) is 12.4 Å². The van der Waals surface area contributed by atoms with Gasteiger partial charge in [0, 0.05) is 41.1 Å². The van der Waals surface area contributed by atoms with E-state index in [0.29, 0.717) is 5.02 Å². The standard InChI is InChI=1S/C22H20ClN7/c1-13-12-29(18-6-4-17(23)5-7-18)20-9-15(16-10-25-22(24)26-11-16)3-8-19(20)30-14(2)27-28-21(13)30/h3-11,13H,12H2,1-2H3,(H2,24,25,26)/t13-/m1/s1. The van der Waals surface area contributed by atoms with Crippen LogP contribution in [0.3, 0.4) is 0 Å². The highest BCUT2D eigenvalue weighted by Crippen LogP contribution is 2.40. The second kappa shape index (κ2) is 7.11. The fourth-order valence-electron chi connectivity index (χ4n) is 3.91. The van der Waals surface area contributed by atoms with E-state index in [1.807, 2.05) is 31.2 Å². The molecule has 0 amide bonds. The van der Waals surface area contributed by atoms with Crippen LogP contribution in [0.1, 0.15) is 24.5 Å². The second-order valence-corrected chi connectivity index (χ2v) is 7.90. The number of hydrogen-bond acceptors (Lipinski definition) is 6. The number of nitrogen functional groups attached to an aromatic ring is 1. The predicted octanol–water partition coefficient (Wildman–Crippen LogP) is 4.52. The van der Waals surface area contributed by atoms with E-state index >= 15 is 0 Å². The van der Waals surface area contributed by atoms with Gasteiger partial charge in [-0.2, -0.15) is 0 Å². The molecule has 0 bridgehead atoms. The first-order valence-corrected chi connectivity index (χ1v) is 10.1. The van der Waals surface area contributed by atoms with Gasteiger partial charge in [0.15, 0.2) is 0 Å². The van der Waals surface area contributed by atoms with Crippen molar-refractivity contribution in [2.45, 2.75) is 19.8 Å². The summed E-state index contributed by atoms with van der Waals surface area (Å²) >= 11 is 6.14. The highest BCUT2D eigenvalue weighted by Gasteiger charge is 2.28. The number of fused-ring (bicyclic) bond motifs is 3. The SMILES string of the molecule is Cc1nnc2n1-c1ccc(-c3cnc(N)nc3)cc1N(c1ccc(Cl)cc1)C[C@H]2C. The first kappa shape index (κ1) is 18.6. The molecular formula is C22H20ClN7. The number of nitrogens with zero attached hydrogens (tertiary/aromatic N) is 6. The van der Waals surface area contributed by atoms with Crippen molar-refractivity contribution in [3.05, 3.63) is 71.5 Å². The number of benzene rings is 2. The second-order valence-electron chi connectivity index (χ2n) is 7.46. The van der Waals surface area contributed by atoms with E-state index in [4.69, 9.17) is 17.3 Å². The van der Waals surface area contributed by atoms with Gasteiger partial charge in [0.1, 0.15) is 11.6 Å². The number of aromatic nitrogens is 5. The van der Waals surface area contributed by atoms with Crippen molar-refractivity contribution in [3.8, 4) is 16.8 Å². The summed E-state index contributed by atoms with van der Waals surface area (Å²) in [6.45, 7) is 4.91. The molecule has 0 spiro atoms. The third kappa shape index (κ3) is 3.07. The summed E-state index contributed by atoms with van der Waals surface area (Å²) in [5.74, 6) is 2.25. The average molecular weight is 418 g/mol. The molecule has 30 heavy (non-hydrogen) atoms. The maximum absolute atomic E-state index is 6.14. The molecule has 0 aliphatic carbocycles. The van der Waals surface area contributed by atoms with Crippen molar-refractivity contribution in [1.82, 2.24) is 24.7 Å². The molecule has 0 saturated carbocycles. The predicted molar refractivity (Wildman–Crippen MR) is 118 cm³/mol. The zero-order chi connectivity index (χ0) is 20.8. The minimum Gasteiger partial charge on any atom is -0.368 e. The highest BCUT2D eigenvalue weighted by molar-refractivity contribution is 6.30. The Morgan fingerprint density at radius 2 is 1.70 bits per heavy atom. The van der Waals surface area contributed by atoms with Crippen LogP contribution in [-0.2, 0) is 0 Å². The molecule has 5 rings (SSSR count). The van der Waals surface area contributed by atoms with Crippen molar-refractivity contribution < 1.29 is 0 Å². The van der Waals surface area contributed by atoms with Crippen molar-refractivity contribution >= 4 is 28.9 Å². The van der Waals surface area contributed by atoms with Crippen molar-refractivity contribution in [1.29, 1.82) is 0 Å². The maximum atomic E-state index is 6.14. The topological polar surface area (TPSA) is 85.8 Å². The Bertz CT molecular complexity index is 1220. The molecule has 0 saturated heterocycles. The van der Waals surface area contributed by atoms with Gasteiger partial charge in [-0.25, -0.2) is 9.97 Å². The fourth-order valence-corrected chi connectivity index (χ4v) is 4.04. The van der Waals surface area contributed by atoms with Crippen LogP contribution in [-0.4, -0.2) is 31.3 Å². The maximum Gasteiger partial charge on any atom is 0.219 e. The zero-order valence-corrected chi connectivity index (χ0v) is 17.4. The molecule has 1 atom stereocenters. The molecule has 0 unspecified atom stereocenters. The first-order chi connectivity index (χ1) is 14.5. The Morgan fingerprint density at radius 3 is 2.43 bits per heavy atom. The monoisotopic (exact) mass is 417 g/mol. The molecule has 2 aromatic heterocycles. The summed E-state index contributed by atoms with van der Waals surface area (Å²) in [5.41, 5.74) is 10.7.